The van der Waals surface area contributed by atoms with Crippen molar-refractivity contribution in [3.05, 3.63) is 29.8 Å². The predicted molar refractivity (Wildman–Crippen MR) is 62.8 cm³/mol. The molecule has 0 aliphatic rings. The topological polar surface area (TPSA) is 20.2 Å². The second-order valence-electron chi connectivity index (χ2n) is 4.33. The van der Waals surface area contributed by atoms with Crippen molar-refractivity contribution in [2.24, 2.45) is 0 Å². The minimum atomic E-state index is 0.228. The first-order valence-corrected chi connectivity index (χ1v) is 5.72. The number of hydrogen-bond donors (Lipinski definition) is 1. The maximum absolute atomic E-state index is 8.77. The number of aliphatic hydroxyl groups is 1. The summed E-state index contributed by atoms with van der Waals surface area (Å²) in [5.41, 5.74) is 1.20. The van der Waals surface area contributed by atoms with Gasteiger partial charge in [0.2, 0.25) is 0 Å². The van der Waals surface area contributed by atoms with Crippen molar-refractivity contribution in [3.63, 3.8) is 0 Å². The molecule has 0 bridgehead atoms. The van der Waals surface area contributed by atoms with Crippen LogP contribution in [0, 0.1) is 0 Å². The number of rotatable bonds is 3. The lowest BCUT2D eigenvalue weighted by molar-refractivity contribution is 0.299. The lowest BCUT2D eigenvalue weighted by Crippen LogP contribution is -2.06. The van der Waals surface area contributed by atoms with E-state index in [0.29, 0.717) is 0 Å². The summed E-state index contributed by atoms with van der Waals surface area (Å²) >= 11 is 1.87. The van der Waals surface area contributed by atoms with Crippen LogP contribution in [-0.2, 0) is 6.42 Å². The molecule has 14 heavy (non-hydrogen) atoms. The van der Waals surface area contributed by atoms with Gasteiger partial charge in [-0.1, -0.05) is 32.9 Å². The zero-order chi connectivity index (χ0) is 10.6. The van der Waals surface area contributed by atoms with Gasteiger partial charge in [-0.2, -0.15) is 0 Å². The van der Waals surface area contributed by atoms with Gasteiger partial charge < -0.3 is 5.11 Å². The Labute approximate surface area is 90.5 Å². The molecule has 0 aromatic heterocycles. The molecule has 0 atom stereocenters. The summed E-state index contributed by atoms with van der Waals surface area (Å²) in [6, 6.07) is 8.43. The highest BCUT2D eigenvalue weighted by molar-refractivity contribution is 8.00. The molecule has 0 saturated heterocycles. The van der Waals surface area contributed by atoms with E-state index in [1.54, 1.807) is 0 Å². The summed E-state index contributed by atoms with van der Waals surface area (Å²) in [5, 5.41) is 8.77. The molecule has 0 aliphatic carbocycles. The largest absolute Gasteiger partial charge is 0.396 e. The highest BCUT2D eigenvalue weighted by atomic mass is 32.2. The van der Waals surface area contributed by atoms with E-state index in [1.165, 1.54) is 10.5 Å². The van der Waals surface area contributed by atoms with E-state index in [1.807, 2.05) is 11.8 Å². The maximum Gasteiger partial charge on any atom is 0.0471 e. The van der Waals surface area contributed by atoms with Gasteiger partial charge in [-0.3, -0.25) is 0 Å². The van der Waals surface area contributed by atoms with Crippen molar-refractivity contribution in [1.29, 1.82) is 0 Å². The molecule has 0 amide bonds. The molecular weight excluding hydrogens is 192 g/mol. The zero-order valence-corrected chi connectivity index (χ0v) is 9.90. The van der Waals surface area contributed by atoms with Gasteiger partial charge in [-0.15, -0.1) is 11.8 Å². The van der Waals surface area contributed by atoms with E-state index in [4.69, 9.17) is 5.11 Å². The number of thioether (sulfide) groups is 1. The molecular formula is C12H18OS. The summed E-state index contributed by atoms with van der Waals surface area (Å²) < 4.78 is 0.262. The standard InChI is InChI=1S/C12H18OS/c1-12(2,3)14-11-6-4-10(5-7-11)8-9-13/h4-7,13H,8-9H2,1-3H3. The maximum atomic E-state index is 8.77. The van der Waals surface area contributed by atoms with Crippen molar-refractivity contribution in [2.75, 3.05) is 6.61 Å². The van der Waals surface area contributed by atoms with E-state index in [9.17, 15) is 0 Å². The van der Waals surface area contributed by atoms with Gasteiger partial charge in [0, 0.05) is 16.2 Å². The SMILES string of the molecule is CC(C)(C)Sc1ccc(CCO)cc1. The quantitative estimate of drug-likeness (QED) is 0.774. The van der Waals surface area contributed by atoms with Gasteiger partial charge in [0.25, 0.3) is 0 Å². The smallest absolute Gasteiger partial charge is 0.0471 e. The van der Waals surface area contributed by atoms with E-state index in [0.717, 1.165) is 6.42 Å². The predicted octanol–water partition coefficient (Wildman–Crippen LogP) is 3.11. The van der Waals surface area contributed by atoms with Crippen LogP contribution in [0.4, 0.5) is 0 Å². The summed E-state index contributed by atoms with van der Waals surface area (Å²) in [7, 11) is 0. The average Bonchev–Trinajstić information content (AvgIpc) is 2.06. The molecule has 1 rings (SSSR count). The number of aliphatic hydroxyl groups excluding tert-OH is 1. The Kier molecular flexibility index (Phi) is 4.02. The molecule has 0 spiro atoms. The first-order chi connectivity index (χ1) is 6.51. The Balaban J connectivity index is 2.64. The lowest BCUT2D eigenvalue weighted by atomic mass is 10.2. The molecule has 0 unspecified atom stereocenters. The minimum absolute atomic E-state index is 0.228. The van der Waals surface area contributed by atoms with E-state index in [-0.39, 0.29) is 11.4 Å². The zero-order valence-electron chi connectivity index (χ0n) is 9.08. The Morgan fingerprint density at radius 3 is 2.14 bits per heavy atom. The molecule has 0 heterocycles. The Hall–Kier alpha value is -0.470. The molecule has 1 aromatic rings. The monoisotopic (exact) mass is 210 g/mol. The minimum Gasteiger partial charge on any atom is -0.396 e. The summed E-state index contributed by atoms with van der Waals surface area (Å²) in [5.74, 6) is 0. The van der Waals surface area contributed by atoms with Crippen LogP contribution in [0.2, 0.25) is 0 Å². The van der Waals surface area contributed by atoms with Crippen LogP contribution in [0.3, 0.4) is 0 Å². The van der Waals surface area contributed by atoms with Crippen molar-refractivity contribution in [1.82, 2.24) is 0 Å². The fourth-order valence-electron chi connectivity index (χ4n) is 1.21. The van der Waals surface area contributed by atoms with Crippen molar-refractivity contribution >= 4 is 11.8 Å². The second-order valence-corrected chi connectivity index (χ2v) is 6.23. The molecule has 1 aromatic carbocycles. The highest BCUT2D eigenvalue weighted by Crippen LogP contribution is 2.31. The molecule has 0 saturated carbocycles. The van der Waals surface area contributed by atoms with Crippen LogP contribution < -0.4 is 0 Å². The van der Waals surface area contributed by atoms with E-state index in [2.05, 4.69) is 45.0 Å². The molecule has 0 fully saturated rings. The molecule has 2 heteroatoms. The van der Waals surface area contributed by atoms with Crippen LogP contribution in [0.25, 0.3) is 0 Å². The van der Waals surface area contributed by atoms with Gasteiger partial charge in [-0.25, -0.2) is 0 Å². The van der Waals surface area contributed by atoms with Crippen LogP contribution in [0.1, 0.15) is 26.3 Å². The first kappa shape index (κ1) is 11.6. The molecule has 1 N–H and O–H groups in total. The summed E-state index contributed by atoms with van der Waals surface area (Å²) in [4.78, 5) is 1.29. The third-order valence-electron chi connectivity index (χ3n) is 1.75. The highest BCUT2D eigenvalue weighted by Gasteiger charge is 2.11. The van der Waals surface area contributed by atoms with Gasteiger partial charge in [-0.05, 0) is 24.1 Å². The second kappa shape index (κ2) is 4.85. The number of hydrogen-bond acceptors (Lipinski definition) is 2. The number of benzene rings is 1. The Morgan fingerprint density at radius 1 is 1.14 bits per heavy atom. The van der Waals surface area contributed by atoms with E-state index < -0.39 is 0 Å². The fraction of sp³-hybridized carbons (Fsp3) is 0.500. The van der Waals surface area contributed by atoms with Crippen LogP contribution in [0.15, 0.2) is 29.2 Å². The first-order valence-electron chi connectivity index (χ1n) is 4.90. The molecule has 78 valence electrons. The van der Waals surface area contributed by atoms with Crippen molar-refractivity contribution in [2.45, 2.75) is 36.8 Å². The van der Waals surface area contributed by atoms with Gasteiger partial charge in [0.1, 0.15) is 0 Å². The third-order valence-corrected chi connectivity index (χ3v) is 2.87. The van der Waals surface area contributed by atoms with Crippen LogP contribution in [0.5, 0.6) is 0 Å². The fourth-order valence-corrected chi connectivity index (χ4v) is 2.19. The summed E-state index contributed by atoms with van der Waals surface area (Å²) in [6.45, 7) is 6.85. The average molecular weight is 210 g/mol. The van der Waals surface area contributed by atoms with Gasteiger partial charge in [0.05, 0.1) is 0 Å². The molecule has 0 radical (unpaired) electrons. The van der Waals surface area contributed by atoms with Crippen LogP contribution >= 0.6 is 11.8 Å². The Morgan fingerprint density at radius 2 is 1.71 bits per heavy atom. The molecule has 1 nitrogen and oxygen atoms in total. The van der Waals surface area contributed by atoms with Crippen molar-refractivity contribution < 1.29 is 5.11 Å². The van der Waals surface area contributed by atoms with E-state index >= 15 is 0 Å². The lowest BCUT2D eigenvalue weighted by Gasteiger charge is -2.17. The molecule has 0 aliphatic heterocycles. The van der Waals surface area contributed by atoms with Crippen molar-refractivity contribution in [3.8, 4) is 0 Å². The third kappa shape index (κ3) is 4.16. The normalized spacial score (nSPS) is 11.7. The van der Waals surface area contributed by atoms with Crippen LogP contribution in [-0.4, -0.2) is 16.5 Å². The Bertz CT molecular complexity index is 271. The van der Waals surface area contributed by atoms with Gasteiger partial charge in [0.15, 0.2) is 0 Å². The van der Waals surface area contributed by atoms with Gasteiger partial charge >= 0.3 is 0 Å². The summed E-state index contributed by atoms with van der Waals surface area (Å²) in [6.07, 6.45) is 0.750.